The molecule has 9 rings (SSSR count). The van der Waals surface area contributed by atoms with Gasteiger partial charge in [0, 0.05) is 80.9 Å². The van der Waals surface area contributed by atoms with Crippen LogP contribution in [0.4, 0.5) is 17.1 Å². The van der Waals surface area contributed by atoms with Gasteiger partial charge in [0.25, 0.3) is 21.6 Å². The highest BCUT2D eigenvalue weighted by atomic mass is 35.5. The molecule has 0 spiro atoms. The zero-order valence-corrected chi connectivity index (χ0v) is 38.4. The van der Waals surface area contributed by atoms with E-state index in [0.29, 0.717) is 34.8 Å². The molecule has 1 saturated heterocycles. The zero-order chi connectivity index (χ0) is 45.5. The van der Waals surface area contributed by atoms with Gasteiger partial charge in [-0.05, 0) is 122 Å². The number of methoxy groups -OCH3 is 1. The molecule has 3 aromatic carbocycles. The van der Waals surface area contributed by atoms with Crippen LogP contribution in [0.15, 0.2) is 95.7 Å². The van der Waals surface area contributed by atoms with Crippen LogP contribution in [0.5, 0.6) is 0 Å². The van der Waals surface area contributed by atoms with Gasteiger partial charge in [-0.15, -0.1) is 0 Å². The third-order valence-electron chi connectivity index (χ3n) is 13.5. The number of benzene rings is 3. The maximum absolute atomic E-state index is 14.2. The minimum atomic E-state index is -4.56. The molecule has 3 aliphatic rings. The van der Waals surface area contributed by atoms with Crippen molar-refractivity contribution in [3.05, 3.63) is 117 Å². The molecule has 2 fully saturated rings. The lowest BCUT2D eigenvalue weighted by Gasteiger charge is -2.39. The topological polar surface area (TPSA) is 181 Å². The van der Waals surface area contributed by atoms with E-state index in [4.69, 9.17) is 16.3 Å². The predicted octanol–water partition coefficient (Wildman–Crippen LogP) is 8.99. The maximum Gasteiger partial charge on any atom is 0.293 e. The Hall–Kier alpha value is -5.81. The van der Waals surface area contributed by atoms with Crippen molar-refractivity contribution < 1.29 is 22.9 Å². The van der Waals surface area contributed by atoms with E-state index in [1.807, 2.05) is 36.4 Å². The lowest BCUT2D eigenvalue weighted by atomic mass is 9.72. The number of piperazine rings is 1. The van der Waals surface area contributed by atoms with Crippen molar-refractivity contribution in [1.29, 1.82) is 0 Å². The highest BCUT2D eigenvalue weighted by Gasteiger charge is 2.31. The number of nitrogens with one attached hydrogen (secondary N) is 3. The van der Waals surface area contributed by atoms with Crippen molar-refractivity contribution >= 4 is 72.2 Å². The van der Waals surface area contributed by atoms with Crippen LogP contribution in [0.1, 0.15) is 74.7 Å². The number of aromatic amines is 1. The average molecular weight is 921 g/mol. The Morgan fingerprint density at radius 2 is 1.77 bits per heavy atom. The van der Waals surface area contributed by atoms with Gasteiger partial charge in [0.1, 0.15) is 11.2 Å². The van der Waals surface area contributed by atoms with Gasteiger partial charge >= 0.3 is 0 Å². The second-order valence-corrected chi connectivity index (χ2v) is 20.5. The highest BCUT2D eigenvalue weighted by Crippen LogP contribution is 2.43. The molecule has 4 heterocycles. The number of fused-ring (bicyclic) bond motifs is 2. The number of hydrogen-bond donors (Lipinski definition) is 3. The molecular formula is C48H54ClN9O6S. The molecule has 0 radical (unpaired) electrons. The number of sulfonamides is 1. The van der Waals surface area contributed by atoms with Crippen LogP contribution < -0.4 is 14.9 Å². The highest BCUT2D eigenvalue weighted by molar-refractivity contribution is 7.90. The molecule has 6 aromatic rings. The number of aromatic nitrogens is 4. The van der Waals surface area contributed by atoms with Crippen LogP contribution in [0.2, 0.25) is 5.02 Å². The normalized spacial score (nSPS) is 19.5. The molecule has 0 bridgehead atoms. The number of nitro benzene ring substituents is 1. The third kappa shape index (κ3) is 9.62. The van der Waals surface area contributed by atoms with Crippen molar-refractivity contribution in [3.8, 4) is 5.69 Å². The van der Waals surface area contributed by atoms with E-state index >= 15 is 0 Å². The molecule has 3 aromatic heterocycles. The predicted molar refractivity (Wildman–Crippen MR) is 254 cm³/mol. The number of allylic oxidation sites excluding steroid dienone is 1. The van der Waals surface area contributed by atoms with Gasteiger partial charge in [0.15, 0.2) is 5.65 Å². The lowest BCUT2D eigenvalue weighted by Crippen LogP contribution is -2.47. The van der Waals surface area contributed by atoms with Gasteiger partial charge in [0.2, 0.25) is 0 Å². The van der Waals surface area contributed by atoms with Gasteiger partial charge in [-0.3, -0.25) is 29.6 Å². The van der Waals surface area contributed by atoms with E-state index in [1.54, 1.807) is 30.3 Å². The Bertz CT molecular complexity index is 2900. The molecular weight excluding hydrogens is 866 g/mol. The van der Waals surface area contributed by atoms with Crippen LogP contribution in [-0.2, 0) is 14.8 Å². The summed E-state index contributed by atoms with van der Waals surface area (Å²) in [5, 5.41) is 20.2. The second kappa shape index (κ2) is 18.2. The smallest absolute Gasteiger partial charge is 0.293 e. The summed E-state index contributed by atoms with van der Waals surface area (Å²) in [5.74, 6) is -0.591. The molecule has 65 heavy (non-hydrogen) atoms. The van der Waals surface area contributed by atoms with E-state index < -0.39 is 31.4 Å². The first-order chi connectivity index (χ1) is 31.2. The number of H-pyrrole nitrogens is 1. The summed E-state index contributed by atoms with van der Waals surface area (Å²) < 4.78 is 37.2. The van der Waals surface area contributed by atoms with Crippen molar-refractivity contribution in [2.24, 2.45) is 11.3 Å². The molecule has 1 aliphatic heterocycles. The summed E-state index contributed by atoms with van der Waals surface area (Å²) in [6, 6.07) is 21.0. The summed E-state index contributed by atoms with van der Waals surface area (Å²) in [5.41, 5.74) is 7.36. The molecule has 3 N–H and O–H groups in total. The van der Waals surface area contributed by atoms with Gasteiger partial charge < -0.3 is 15.0 Å². The van der Waals surface area contributed by atoms with Crippen molar-refractivity contribution in [1.82, 2.24) is 29.4 Å². The van der Waals surface area contributed by atoms with Crippen LogP contribution in [0, 0.1) is 21.4 Å². The van der Waals surface area contributed by atoms with Crippen LogP contribution in [0.3, 0.4) is 0 Å². The quantitative estimate of drug-likeness (QED) is 0.0743. The fourth-order valence-electron chi connectivity index (χ4n) is 9.65. The van der Waals surface area contributed by atoms with E-state index in [9.17, 15) is 23.3 Å². The Kier molecular flexibility index (Phi) is 12.4. The number of halogens is 1. The molecule has 1 amide bonds. The fourth-order valence-corrected chi connectivity index (χ4v) is 10.8. The number of amides is 1. The molecule has 2 aliphatic carbocycles. The molecule has 15 nitrogen and oxygen atoms in total. The lowest BCUT2D eigenvalue weighted by molar-refractivity contribution is -0.384. The SMILES string of the molecule is COC1CCC(CNc2ccc(S(=O)(=O)NC(=O)c3ccc(N4CCN(CC5=C(c6ccc(Cl)cc6)CC(C)(C)CC5)CC4)cc3-n3[nH]cc4nc5nccc5cc43)cc2[N+](=O)[O-])CC1. The summed E-state index contributed by atoms with van der Waals surface area (Å²) >= 11 is 6.26. The first-order valence-electron chi connectivity index (χ1n) is 22.3. The summed E-state index contributed by atoms with van der Waals surface area (Å²) in [7, 11) is -2.86. The number of nitrogens with zero attached hydrogens (tertiary/aromatic N) is 6. The minimum absolute atomic E-state index is 0.0725. The molecule has 1 saturated carbocycles. The summed E-state index contributed by atoms with van der Waals surface area (Å²) in [6.45, 7) is 9.22. The summed E-state index contributed by atoms with van der Waals surface area (Å²) in [4.78, 5) is 39.3. The Labute approximate surface area is 383 Å². The number of pyridine rings is 1. The number of carbonyl (C=O) groups excluding carboxylic acids is 1. The molecule has 0 atom stereocenters. The number of carbonyl (C=O) groups is 1. The van der Waals surface area contributed by atoms with Gasteiger partial charge in [-0.1, -0.05) is 43.2 Å². The average Bonchev–Trinajstić information content (AvgIpc) is 3.94. The molecule has 340 valence electrons. The van der Waals surface area contributed by atoms with Crippen LogP contribution in [-0.4, -0.2) is 96.4 Å². The number of ether oxygens (including phenoxy) is 1. The third-order valence-corrected chi connectivity index (χ3v) is 15.1. The van der Waals surface area contributed by atoms with E-state index in [2.05, 4.69) is 60.9 Å². The number of rotatable bonds is 13. The standard InChI is InChI=1S/C48H54ClN9O6S/c1-48(2)18-16-34(40(27-48)32-6-8-35(49)9-7-32)30-55-20-22-56(23-21-55)36-10-14-39(43(25-36)57-44-24-33-17-19-50-46(33)53-42(44)29-52-57)47(59)54-65(62,63)38-13-15-41(45(26-38)58(60)61)51-28-31-4-11-37(64-3)12-5-31/h6-10,13-15,17,19,24-26,29,31,37,51-52H,4-5,11-12,16,18,20-23,27-28,30H2,1-3H3,(H,54,59). The van der Waals surface area contributed by atoms with Crippen molar-refractivity contribution in [3.63, 3.8) is 0 Å². The van der Waals surface area contributed by atoms with Gasteiger partial charge in [0.05, 0.1) is 32.7 Å². The Morgan fingerprint density at radius 3 is 2.51 bits per heavy atom. The van der Waals surface area contributed by atoms with Crippen LogP contribution in [0.25, 0.3) is 33.3 Å². The van der Waals surface area contributed by atoms with Crippen molar-refractivity contribution in [2.75, 3.05) is 56.6 Å². The van der Waals surface area contributed by atoms with E-state index in [0.717, 1.165) is 99.8 Å². The van der Waals surface area contributed by atoms with E-state index in [1.165, 1.54) is 28.8 Å². The second-order valence-electron chi connectivity index (χ2n) is 18.4. The zero-order valence-electron chi connectivity index (χ0n) is 36.8. The maximum atomic E-state index is 14.2. The first-order valence-corrected chi connectivity index (χ1v) is 24.1. The molecule has 17 heteroatoms. The first kappa shape index (κ1) is 44.4. The van der Waals surface area contributed by atoms with E-state index in [-0.39, 0.29) is 22.8 Å². The van der Waals surface area contributed by atoms with Crippen molar-refractivity contribution in [2.45, 2.75) is 69.8 Å². The number of hydrogen-bond acceptors (Lipinski definition) is 11. The van der Waals surface area contributed by atoms with Gasteiger partial charge in [-0.25, -0.2) is 23.1 Å². The Balaban J connectivity index is 0.963. The minimum Gasteiger partial charge on any atom is -0.381 e. The number of anilines is 2. The monoisotopic (exact) mass is 919 g/mol. The number of nitro groups is 1. The van der Waals surface area contributed by atoms with Gasteiger partial charge in [-0.2, -0.15) is 0 Å². The largest absolute Gasteiger partial charge is 0.381 e. The summed E-state index contributed by atoms with van der Waals surface area (Å²) in [6.07, 6.45) is 10.5. The molecule has 0 unspecified atom stereocenters. The fraction of sp³-hybridized carbons (Fsp3) is 0.396. The Morgan fingerprint density at radius 1 is 1.00 bits per heavy atom. The van der Waals surface area contributed by atoms with Crippen LogP contribution >= 0.6 is 11.6 Å².